The van der Waals surface area contributed by atoms with Gasteiger partial charge in [0.1, 0.15) is 0 Å². The van der Waals surface area contributed by atoms with E-state index in [9.17, 15) is 4.79 Å². The summed E-state index contributed by atoms with van der Waals surface area (Å²) in [6, 6.07) is 3.16. The number of hydrogen-bond donors (Lipinski definition) is 1. The quantitative estimate of drug-likeness (QED) is 0.828. The smallest absolute Gasteiger partial charge is 0.356 e. The summed E-state index contributed by atoms with van der Waals surface area (Å²) < 4.78 is 6.30. The predicted octanol–water partition coefficient (Wildman–Crippen LogP) is 1.56. The summed E-state index contributed by atoms with van der Waals surface area (Å²) in [6.07, 6.45) is 0. The number of hydrogen-bond acceptors (Lipinski definition) is 5. The molecule has 2 aromatic rings. The lowest BCUT2D eigenvalue weighted by Gasteiger charge is -2.08. The third kappa shape index (κ3) is 2.16. The van der Waals surface area contributed by atoms with Crippen LogP contribution in [0.25, 0.3) is 5.82 Å². The van der Waals surface area contributed by atoms with Crippen LogP contribution in [0.2, 0.25) is 0 Å². The summed E-state index contributed by atoms with van der Waals surface area (Å²) in [5.74, 6) is -0.0592. The van der Waals surface area contributed by atoms with Gasteiger partial charge in [-0.3, -0.25) is 0 Å². The van der Waals surface area contributed by atoms with Gasteiger partial charge in [-0.05, 0) is 38.5 Å². The highest BCUT2D eigenvalue weighted by molar-refractivity contribution is 5.88. The normalized spacial score (nSPS) is 10.5. The van der Waals surface area contributed by atoms with Gasteiger partial charge in [-0.2, -0.15) is 5.10 Å². The van der Waals surface area contributed by atoms with E-state index in [1.54, 1.807) is 10.7 Å². The average Bonchev–Trinajstić information content (AvgIpc) is 2.66. The second kappa shape index (κ2) is 4.72. The number of aromatic nitrogens is 3. The summed E-state index contributed by atoms with van der Waals surface area (Å²) in [6.45, 7) is 5.83. The van der Waals surface area contributed by atoms with Crippen molar-refractivity contribution >= 4 is 11.7 Å². The highest BCUT2D eigenvalue weighted by Gasteiger charge is 2.15. The number of ether oxygens (including phenoxy) is 1. The highest BCUT2D eigenvalue weighted by Crippen LogP contribution is 2.20. The minimum atomic E-state index is -0.500. The Kier molecular flexibility index (Phi) is 3.25. The zero-order valence-electron chi connectivity index (χ0n) is 11.4. The lowest BCUT2D eigenvalue weighted by atomic mass is 10.2. The lowest BCUT2D eigenvalue weighted by Crippen LogP contribution is -2.11. The first kappa shape index (κ1) is 13.1. The molecule has 0 spiro atoms. The van der Waals surface area contributed by atoms with Crippen LogP contribution in [0.15, 0.2) is 12.1 Å². The molecule has 0 fully saturated rings. The number of anilines is 1. The van der Waals surface area contributed by atoms with Crippen molar-refractivity contribution in [2.75, 3.05) is 12.8 Å². The Morgan fingerprint density at radius 3 is 2.53 bits per heavy atom. The third-order valence-corrected chi connectivity index (χ3v) is 3.15. The van der Waals surface area contributed by atoms with Crippen molar-refractivity contribution in [3.05, 3.63) is 34.8 Å². The summed E-state index contributed by atoms with van der Waals surface area (Å²) in [7, 11) is 1.31. The number of esters is 1. The predicted molar refractivity (Wildman–Crippen MR) is 71.3 cm³/mol. The Labute approximate surface area is 111 Å². The van der Waals surface area contributed by atoms with Gasteiger partial charge in [0, 0.05) is 5.69 Å². The van der Waals surface area contributed by atoms with Gasteiger partial charge in [0.2, 0.25) is 0 Å². The van der Waals surface area contributed by atoms with E-state index in [4.69, 9.17) is 5.73 Å². The van der Waals surface area contributed by atoms with Crippen molar-refractivity contribution < 1.29 is 9.53 Å². The maximum absolute atomic E-state index is 11.5. The largest absolute Gasteiger partial charge is 0.464 e. The number of carbonyl (C=O) groups is 1. The molecule has 19 heavy (non-hydrogen) atoms. The number of rotatable bonds is 2. The van der Waals surface area contributed by atoms with Gasteiger partial charge in [-0.15, -0.1) is 0 Å². The molecule has 0 aromatic carbocycles. The molecule has 2 aromatic heterocycles. The van der Waals surface area contributed by atoms with Gasteiger partial charge in [-0.25, -0.2) is 14.5 Å². The van der Waals surface area contributed by atoms with E-state index in [1.165, 1.54) is 13.2 Å². The van der Waals surface area contributed by atoms with E-state index in [1.807, 2.05) is 20.8 Å². The molecule has 0 aliphatic carbocycles. The van der Waals surface area contributed by atoms with E-state index in [2.05, 4.69) is 14.8 Å². The molecule has 0 amide bonds. The molecule has 2 rings (SSSR count). The molecular weight excluding hydrogens is 244 g/mol. The zero-order chi connectivity index (χ0) is 14.2. The molecule has 0 unspecified atom stereocenters. The number of methoxy groups -OCH3 is 1. The van der Waals surface area contributed by atoms with Crippen molar-refractivity contribution in [2.24, 2.45) is 0 Å². The Bertz CT molecular complexity index is 646. The molecule has 0 aliphatic rings. The van der Waals surface area contributed by atoms with E-state index in [0.717, 1.165) is 17.0 Å². The maximum Gasteiger partial charge on any atom is 0.356 e. The monoisotopic (exact) mass is 260 g/mol. The summed E-state index contributed by atoms with van der Waals surface area (Å²) in [4.78, 5) is 15.7. The Hall–Kier alpha value is -2.37. The van der Waals surface area contributed by atoms with Crippen LogP contribution in [0, 0.1) is 20.8 Å². The van der Waals surface area contributed by atoms with Crippen LogP contribution in [0.3, 0.4) is 0 Å². The van der Waals surface area contributed by atoms with Crippen LogP contribution >= 0.6 is 0 Å². The summed E-state index contributed by atoms with van der Waals surface area (Å²) >= 11 is 0. The van der Waals surface area contributed by atoms with Crippen molar-refractivity contribution in [1.82, 2.24) is 14.8 Å². The Morgan fingerprint density at radius 2 is 2.00 bits per heavy atom. The van der Waals surface area contributed by atoms with E-state index in [-0.39, 0.29) is 5.69 Å². The second-order valence-electron chi connectivity index (χ2n) is 4.31. The number of pyridine rings is 1. The van der Waals surface area contributed by atoms with Gasteiger partial charge in [-0.1, -0.05) is 0 Å². The van der Waals surface area contributed by atoms with Gasteiger partial charge in [0.05, 0.1) is 18.5 Å². The van der Waals surface area contributed by atoms with Crippen LogP contribution in [0.1, 0.15) is 27.4 Å². The SMILES string of the molecule is COC(=O)c1ccc(N)c(-n2nc(C)c(C)c2C)n1. The average molecular weight is 260 g/mol. The Balaban J connectivity index is 2.61. The van der Waals surface area contributed by atoms with Gasteiger partial charge in [0.15, 0.2) is 11.5 Å². The van der Waals surface area contributed by atoms with Crippen LogP contribution in [0.4, 0.5) is 5.69 Å². The van der Waals surface area contributed by atoms with Gasteiger partial charge in [0.25, 0.3) is 0 Å². The fraction of sp³-hybridized carbons (Fsp3) is 0.308. The Morgan fingerprint density at radius 1 is 1.32 bits per heavy atom. The molecular formula is C13H16N4O2. The molecule has 0 atom stereocenters. The van der Waals surface area contributed by atoms with E-state index in [0.29, 0.717) is 11.5 Å². The molecule has 0 aliphatic heterocycles. The molecule has 2 heterocycles. The number of carbonyl (C=O) groups excluding carboxylic acids is 1. The fourth-order valence-electron chi connectivity index (χ4n) is 1.77. The van der Waals surface area contributed by atoms with Gasteiger partial charge < -0.3 is 10.5 Å². The number of nitrogens with zero attached hydrogens (tertiary/aromatic N) is 3. The molecule has 2 N–H and O–H groups in total. The standard InChI is InChI=1S/C13H16N4O2/c1-7-8(2)16-17(9(7)3)12-10(14)5-6-11(15-12)13(18)19-4/h5-6H,14H2,1-4H3. The van der Waals surface area contributed by atoms with Crippen molar-refractivity contribution in [2.45, 2.75) is 20.8 Å². The minimum absolute atomic E-state index is 0.205. The molecule has 0 saturated carbocycles. The topological polar surface area (TPSA) is 83.0 Å². The van der Waals surface area contributed by atoms with Crippen molar-refractivity contribution in [3.63, 3.8) is 0 Å². The number of nitrogens with two attached hydrogens (primary N) is 1. The van der Waals surface area contributed by atoms with Crippen LogP contribution in [-0.2, 0) is 4.74 Å². The van der Waals surface area contributed by atoms with Crippen LogP contribution < -0.4 is 5.73 Å². The van der Waals surface area contributed by atoms with Crippen LogP contribution in [0.5, 0.6) is 0 Å². The first-order valence-electron chi connectivity index (χ1n) is 5.83. The second-order valence-corrected chi connectivity index (χ2v) is 4.31. The van der Waals surface area contributed by atoms with E-state index < -0.39 is 5.97 Å². The number of aryl methyl sites for hydroxylation is 1. The third-order valence-electron chi connectivity index (χ3n) is 3.15. The van der Waals surface area contributed by atoms with E-state index >= 15 is 0 Å². The first-order chi connectivity index (χ1) is 8.95. The minimum Gasteiger partial charge on any atom is -0.464 e. The summed E-state index contributed by atoms with van der Waals surface area (Å²) in [5, 5.41) is 4.39. The highest BCUT2D eigenvalue weighted by atomic mass is 16.5. The summed E-state index contributed by atoms with van der Waals surface area (Å²) in [5.41, 5.74) is 9.50. The molecule has 0 radical (unpaired) electrons. The molecule has 0 saturated heterocycles. The van der Waals surface area contributed by atoms with Crippen molar-refractivity contribution in [3.8, 4) is 5.82 Å². The zero-order valence-corrected chi connectivity index (χ0v) is 11.4. The maximum atomic E-state index is 11.5. The van der Waals surface area contributed by atoms with Crippen LogP contribution in [-0.4, -0.2) is 27.8 Å². The fourth-order valence-corrected chi connectivity index (χ4v) is 1.77. The molecule has 6 heteroatoms. The molecule has 100 valence electrons. The molecule has 6 nitrogen and oxygen atoms in total. The number of nitrogen functional groups attached to an aromatic ring is 1. The first-order valence-corrected chi connectivity index (χ1v) is 5.83. The van der Waals surface area contributed by atoms with Crippen molar-refractivity contribution in [1.29, 1.82) is 0 Å². The molecule has 0 bridgehead atoms. The van der Waals surface area contributed by atoms with Gasteiger partial charge >= 0.3 is 5.97 Å². The lowest BCUT2D eigenvalue weighted by molar-refractivity contribution is 0.0594.